The smallest absolute Gasteiger partial charge is 0.113 e. The third-order valence-electron chi connectivity index (χ3n) is 4.29. The van der Waals surface area contributed by atoms with Gasteiger partial charge in [-0.3, -0.25) is 0 Å². The monoisotopic (exact) mass is 271 g/mol. The predicted molar refractivity (Wildman–Crippen MR) is 84.9 cm³/mol. The van der Waals surface area contributed by atoms with E-state index in [1.165, 1.54) is 37.0 Å². The molecule has 1 aromatic heterocycles. The lowest BCUT2D eigenvalue weighted by molar-refractivity contribution is 0.437. The summed E-state index contributed by atoms with van der Waals surface area (Å²) in [7, 11) is 0. The van der Waals surface area contributed by atoms with Crippen LogP contribution in [0.1, 0.15) is 64.2 Å². The van der Waals surface area contributed by atoms with Gasteiger partial charge >= 0.3 is 0 Å². The molecule has 2 N–H and O–H groups in total. The number of hydrogen-bond donors (Lipinski definition) is 1. The van der Waals surface area contributed by atoms with Crippen LogP contribution in [-0.4, -0.2) is 9.55 Å². The summed E-state index contributed by atoms with van der Waals surface area (Å²) < 4.78 is 2.47. The van der Waals surface area contributed by atoms with Crippen molar-refractivity contribution < 1.29 is 0 Å². The van der Waals surface area contributed by atoms with Crippen LogP contribution in [-0.2, 0) is 0 Å². The highest BCUT2D eigenvalue weighted by Crippen LogP contribution is 2.42. The summed E-state index contributed by atoms with van der Waals surface area (Å²) in [4.78, 5) is 4.87. The molecule has 0 bridgehead atoms. The molecule has 0 radical (unpaired) electrons. The van der Waals surface area contributed by atoms with Crippen molar-refractivity contribution >= 4 is 16.7 Å². The second-order valence-corrected chi connectivity index (χ2v) is 6.68. The number of rotatable bonds is 5. The van der Waals surface area contributed by atoms with Crippen molar-refractivity contribution in [3.8, 4) is 0 Å². The van der Waals surface area contributed by atoms with E-state index in [0.29, 0.717) is 12.0 Å². The van der Waals surface area contributed by atoms with Gasteiger partial charge in [0, 0.05) is 17.6 Å². The van der Waals surface area contributed by atoms with Crippen LogP contribution in [0, 0.1) is 5.92 Å². The van der Waals surface area contributed by atoms with E-state index < -0.39 is 0 Å². The molecule has 1 atom stereocenters. The zero-order chi connectivity index (χ0) is 14.3. The number of anilines is 1. The average molecular weight is 271 g/mol. The molecule has 20 heavy (non-hydrogen) atoms. The van der Waals surface area contributed by atoms with Gasteiger partial charge in [0.2, 0.25) is 0 Å². The van der Waals surface area contributed by atoms with E-state index in [9.17, 15) is 0 Å². The van der Waals surface area contributed by atoms with Crippen molar-refractivity contribution in [3.05, 3.63) is 24.0 Å². The fraction of sp³-hybridized carbons (Fsp3) is 0.588. The van der Waals surface area contributed by atoms with Gasteiger partial charge in [-0.05, 0) is 56.7 Å². The average Bonchev–Trinajstić information content (AvgIpc) is 3.17. The van der Waals surface area contributed by atoms with Crippen molar-refractivity contribution in [1.82, 2.24) is 9.55 Å². The summed E-state index contributed by atoms with van der Waals surface area (Å²) in [6.07, 6.45) is 5.05. The molecule has 1 aromatic carbocycles. The van der Waals surface area contributed by atoms with E-state index in [2.05, 4.69) is 31.4 Å². The van der Waals surface area contributed by atoms with E-state index >= 15 is 0 Å². The molecule has 1 fully saturated rings. The third-order valence-corrected chi connectivity index (χ3v) is 4.29. The van der Waals surface area contributed by atoms with Gasteiger partial charge in [0.25, 0.3) is 0 Å². The molecule has 3 rings (SSSR count). The summed E-state index contributed by atoms with van der Waals surface area (Å²) in [6, 6.07) is 6.65. The maximum absolute atomic E-state index is 5.90. The molecule has 0 saturated heterocycles. The first-order chi connectivity index (χ1) is 9.56. The molecule has 2 aromatic rings. The molecule has 1 saturated carbocycles. The highest BCUT2D eigenvalue weighted by molar-refractivity contribution is 5.80. The van der Waals surface area contributed by atoms with Crippen LogP contribution in [0.3, 0.4) is 0 Å². The van der Waals surface area contributed by atoms with Gasteiger partial charge in [-0.25, -0.2) is 4.98 Å². The Balaban J connectivity index is 2.00. The Morgan fingerprint density at radius 1 is 1.25 bits per heavy atom. The van der Waals surface area contributed by atoms with Gasteiger partial charge in [0.1, 0.15) is 5.82 Å². The molecule has 1 aliphatic carbocycles. The van der Waals surface area contributed by atoms with E-state index in [1.54, 1.807) is 0 Å². The normalized spacial score (nSPS) is 17.0. The van der Waals surface area contributed by atoms with Gasteiger partial charge in [-0.1, -0.05) is 13.8 Å². The number of nitrogen functional groups attached to an aromatic ring is 1. The van der Waals surface area contributed by atoms with Crippen molar-refractivity contribution in [2.24, 2.45) is 5.92 Å². The second-order valence-electron chi connectivity index (χ2n) is 6.68. The van der Waals surface area contributed by atoms with E-state index in [1.807, 2.05) is 12.1 Å². The summed E-state index contributed by atoms with van der Waals surface area (Å²) in [5, 5.41) is 0. The lowest BCUT2D eigenvalue weighted by Gasteiger charge is -2.18. The minimum atomic E-state index is 0.515. The summed E-state index contributed by atoms with van der Waals surface area (Å²) in [6.45, 7) is 6.91. The number of imidazole rings is 1. The van der Waals surface area contributed by atoms with Crippen molar-refractivity contribution in [3.63, 3.8) is 0 Å². The van der Waals surface area contributed by atoms with E-state index in [-0.39, 0.29) is 0 Å². The van der Waals surface area contributed by atoms with E-state index in [4.69, 9.17) is 10.7 Å². The Hall–Kier alpha value is -1.51. The molecular formula is C17H25N3. The maximum atomic E-state index is 5.90. The Kier molecular flexibility index (Phi) is 3.45. The zero-order valence-electron chi connectivity index (χ0n) is 12.8. The van der Waals surface area contributed by atoms with Crippen LogP contribution in [0.5, 0.6) is 0 Å². The van der Waals surface area contributed by atoms with Gasteiger partial charge < -0.3 is 10.3 Å². The van der Waals surface area contributed by atoms with Crippen LogP contribution in [0.15, 0.2) is 18.2 Å². The Bertz CT molecular complexity index is 608. The number of nitrogens with zero attached hydrogens (tertiary/aromatic N) is 2. The van der Waals surface area contributed by atoms with Crippen molar-refractivity contribution in [1.29, 1.82) is 0 Å². The Labute approximate surface area is 121 Å². The number of aromatic nitrogens is 2. The highest BCUT2D eigenvalue weighted by Gasteiger charge is 2.30. The molecule has 1 aliphatic rings. The first-order valence-corrected chi connectivity index (χ1v) is 7.83. The molecule has 1 heterocycles. The first-order valence-electron chi connectivity index (χ1n) is 7.83. The molecule has 3 nitrogen and oxygen atoms in total. The molecule has 108 valence electrons. The van der Waals surface area contributed by atoms with Crippen molar-refractivity contribution in [2.45, 2.75) is 58.4 Å². The van der Waals surface area contributed by atoms with Crippen molar-refractivity contribution in [2.75, 3.05) is 5.73 Å². The Morgan fingerprint density at radius 2 is 2.00 bits per heavy atom. The summed E-state index contributed by atoms with van der Waals surface area (Å²) in [5.74, 6) is 2.71. The standard InChI is InChI=1S/C17H25N3/c1-11(2)4-5-12(3)20-16-9-8-14(18)10-15(16)19-17(20)13-6-7-13/h8-13H,4-7,18H2,1-3H3. The maximum Gasteiger partial charge on any atom is 0.113 e. The zero-order valence-corrected chi connectivity index (χ0v) is 12.8. The summed E-state index contributed by atoms with van der Waals surface area (Å²) in [5.41, 5.74) is 9.01. The number of benzene rings is 1. The third kappa shape index (κ3) is 2.54. The number of nitrogens with two attached hydrogens (primary N) is 1. The minimum absolute atomic E-state index is 0.515. The van der Waals surface area contributed by atoms with E-state index in [0.717, 1.165) is 17.1 Å². The lowest BCUT2D eigenvalue weighted by atomic mass is 10.0. The number of hydrogen-bond acceptors (Lipinski definition) is 2. The van der Waals surface area contributed by atoms with Gasteiger partial charge in [-0.15, -0.1) is 0 Å². The first kappa shape index (κ1) is 13.5. The fourth-order valence-electron chi connectivity index (χ4n) is 2.93. The number of fused-ring (bicyclic) bond motifs is 1. The van der Waals surface area contributed by atoms with Gasteiger partial charge in [0.15, 0.2) is 0 Å². The van der Waals surface area contributed by atoms with Crippen LogP contribution in [0.4, 0.5) is 5.69 Å². The Morgan fingerprint density at radius 3 is 2.65 bits per heavy atom. The van der Waals surface area contributed by atoms with Crippen LogP contribution >= 0.6 is 0 Å². The molecule has 0 spiro atoms. The predicted octanol–water partition coefficient (Wildman–Crippen LogP) is 4.49. The molecular weight excluding hydrogens is 246 g/mol. The quantitative estimate of drug-likeness (QED) is 0.814. The minimum Gasteiger partial charge on any atom is -0.399 e. The topological polar surface area (TPSA) is 43.8 Å². The van der Waals surface area contributed by atoms with Crippen LogP contribution in [0.2, 0.25) is 0 Å². The largest absolute Gasteiger partial charge is 0.399 e. The molecule has 0 amide bonds. The summed E-state index contributed by atoms with van der Waals surface area (Å²) >= 11 is 0. The van der Waals surface area contributed by atoms with Crippen LogP contribution < -0.4 is 5.73 Å². The van der Waals surface area contributed by atoms with Gasteiger partial charge in [0.05, 0.1) is 11.0 Å². The highest BCUT2D eigenvalue weighted by atomic mass is 15.1. The second kappa shape index (κ2) is 5.12. The fourth-order valence-corrected chi connectivity index (χ4v) is 2.93. The molecule has 0 aliphatic heterocycles. The molecule has 1 unspecified atom stereocenters. The lowest BCUT2D eigenvalue weighted by Crippen LogP contribution is -2.10. The van der Waals surface area contributed by atoms with Gasteiger partial charge in [-0.2, -0.15) is 0 Å². The SMILES string of the molecule is CC(C)CCC(C)n1c(C2CC2)nc2cc(N)ccc21. The molecule has 3 heteroatoms. The van der Waals surface area contributed by atoms with Crippen LogP contribution in [0.25, 0.3) is 11.0 Å².